The Hall–Kier alpha value is -2.60. The number of ether oxygens (including phenoxy) is 12. The van der Waals surface area contributed by atoms with Crippen molar-refractivity contribution in [1.29, 1.82) is 0 Å². The molecule has 20 heteroatoms. The lowest BCUT2D eigenvalue weighted by molar-refractivity contribution is -0.142. The van der Waals surface area contributed by atoms with Crippen molar-refractivity contribution in [2.75, 3.05) is 146 Å². The van der Waals surface area contributed by atoms with Crippen molar-refractivity contribution < 1.29 is 66.4 Å². The predicted octanol–water partition coefficient (Wildman–Crippen LogP) is -0.416. The van der Waals surface area contributed by atoms with Crippen LogP contribution in [0.5, 0.6) is 0 Å². The molecular weight excluding hydrogens is 764 g/mol. The molecule has 0 aliphatic carbocycles. The van der Waals surface area contributed by atoms with Crippen molar-refractivity contribution in [3.8, 4) is 0 Å². The highest BCUT2D eigenvalue weighted by Gasteiger charge is 2.50. The fraction of sp³-hybridized carbons (Fsp3) is 0.895. The maximum Gasteiger partial charge on any atom is 0.248 e. The molecule has 0 aromatic heterocycles. The van der Waals surface area contributed by atoms with Gasteiger partial charge in [0.25, 0.3) is 0 Å². The molecule has 4 atom stereocenters. The molecule has 336 valence electrons. The quantitative estimate of drug-likeness (QED) is 0.0821. The molecule has 0 bridgehead atoms. The maximum atomic E-state index is 13.6. The number of nitrogens with zero attached hydrogens (tertiary/aromatic N) is 4. The molecule has 3 rings (SSSR count). The Balaban J connectivity index is 1.75. The van der Waals surface area contributed by atoms with Gasteiger partial charge >= 0.3 is 0 Å². The van der Waals surface area contributed by atoms with Gasteiger partial charge in [0.1, 0.15) is 23.9 Å². The van der Waals surface area contributed by atoms with Gasteiger partial charge in [-0.05, 0) is 40.5 Å². The Labute approximate surface area is 343 Å². The van der Waals surface area contributed by atoms with E-state index < -0.39 is 47.7 Å². The number of amides is 2. The normalized spacial score (nSPS) is 24.4. The van der Waals surface area contributed by atoms with Gasteiger partial charge in [0.15, 0.2) is 23.7 Å². The van der Waals surface area contributed by atoms with E-state index in [4.69, 9.17) is 78.3 Å². The number of nitrogens with two attached hydrogens (primary N) is 2. The van der Waals surface area contributed by atoms with Crippen LogP contribution in [0.15, 0.2) is 9.98 Å². The average molecular weight is 835 g/mol. The van der Waals surface area contributed by atoms with E-state index >= 15 is 0 Å². The van der Waals surface area contributed by atoms with E-state index in [-0.39, 0.29) is 51.1 Å². The second kappa shape index (κ2) is 27.3. The smallest absolute Gasteiger partial charge is 0.248 e. The Bertz CT molecular complexity index is 1150. The molecule has 3 aliphatic heterocycles. The van der Waals surface area contributed by atoms with Gasteiger partial charge in [0.2, 0.25) is 11.8 Å². The zero-order valence-electron chi connectivity index (χ0n) is 35.5. The van der Waals surface area contributed by atoms with Gasteiger partial charge in [-0.3, -0.25) is 19.6 Å². The lowest BCUT2D eigenvalue weighted by Gasteiger charge is -2.48. The first-order chi connectivity index (χ1) is 27.9. The Morgan fingerprint density at radius 3 is 1.16 bits per heavy atom. The van der Waals surface area contributed by atoms with Gasteiger partial charge in [-0.15, -0.1) is 0 Å². The summed E-state index contributed by atoms with van der Waals surface area (Å²) in [6, 6.07) is -2.24. The molecule has 0 radical (unpaired) electrons. The Kier molecular flexibility index (Phi) is 23.4. The second-order valence-electron chi connectivity index (χ2n) is 14.7. The van der Waals surface area contributed by atoms with Crippen LogP contribution in [-0.4, -0.2) is 215 Å². The van der Waals surface area contributed by atoms with Crippen molar-refractivity contribution in [2.45, 2.75) is 76.4 Å². The second-order valence-corrected chi connectivity index (χ2v) is 14.7. The van der Waals surface area contributed by atoms with E-state index in [2.05, 4.69) is 0 Å². The van der Waals surface area contributed by atoms with Gasteiger partial charge in [-0.25, -0.2) is 0 Å². The van der Waals surface area contributed by atoms with Crippen LogP contribution in [-0.2, 0) is 66.4 Å². The number of methoxy groups -OCH3 is 2. The van der Waals surface area contributed by atoms with Crippen molar-refractivity contribution >= 4 is 23.5 Å². The van der Waals surface area contributed by atoms with Crippen LogP contribution in [0.25, 0.3) is 0 Å². The zero-order valence-corrected chi connectivity index (χ0v) is 35.5. The number of carbonyl (C=O) groups is 2. The highest BCUT2D eigenvalue weighted by Crippen LogP contribution is 2.29. The van der Waals surface area contributed by atoms with Crippen LogP contribution in [0.2, 0.25) is 0 Å². The number of carbonyl (C=O) groups excluding carboxylic acids is 2. The molecule has 58 heavy (non-hydrogen) atoms. The van der Waals surface area contributed by atoms with Crippen molar-refractivity contribution in [2.24, 2.45) is 21.5 Å². The molecule has 3 saturated heterocycles. The Morgan fingerprint density at radius 1 is 0.569 bits per heavy atom. The summed E-state index contributed by atoms with van der Waals surface area (Å²) >= 11 is 0. The summed E-state index contributed by atoms with van der Waals surface area (Å²) in [6.45, 7) is 14.8. The third-order valence-electron chi connectivity index (χ3n) is 8.97. The number of aliphatic imine (C=N–C) groups is 2. The highest BCUT2D eigenvalue weighted by molar-refractivity contribution is 6.19. The van der Waals surface area contributed by atoms with E-state index in [1.807, 2.05) is 27.7 Å². The minimum atomic E-state index is -1.12. The van der Waals surface area contributed by atoms with E-state index in [0.29, 0.717) is 105 Å². The number of primary amides is 2. The molecule has 20 nitrogen and oxygen atoms in total. The van der Waals surface area contributed by atoms with Crippen LogP contribution in [0, 0.1) is 0 Å². The fourth-order valence-electron chi connectivity index (χ4n) is 6.41. The van der Waals surface area contributed by atoms with E-state index in [0.717, 1.165) is 0 Å². The fourth-order valence-corrected chi connectivity index (χ4v) is 6.41. The van der Waals surface area contributed by atoms with E-state index in [9.17, 15) is 9.59 Å². The standard InChI is InChI=1S/C38H70N6O14/c1-37(2)55-27-29(57-37)25-43-31(33(39)45)36(42-10-8-12-50-18-20-54-24-22-52-16-14-48-6)44(26-30-28-56-38(3,4)58-30)32(34(40)46)35(43)41-9-7-11-49-17-19-53-23-21-51-15-13-47-5/h29-32H,7-28H2,1-6H3,(H2,39,45)(H2,40,46). The van der Waals surface area contributed by atoms with Crippen LogP contribution in [0.3, 0.4) is 0 Å². The van der Waals surface area contributed by atoms with Gasteiger partial charge in [-0.1, -0.05) is 0 Å². The van der Waals surface area contributed by atoms with Gasteiger partial charge in [-0.2, -0.15) is 0 Å². The first-order valence-electron chi connectivity index (χ1n) is 20.2. The van der Waals surface area contributed by atoms with Crippen molar-refractivity contribution in [3.05, 3.63) is 0 Å². The monoisotopic (exact) mass is 834 g/mol. The van der Waals surface area contributed by atoms with E-state index in [1.165, 1.54) is 0 Å². The minimum absolute atomic E-state index is 0.131. The summed E-state index contributed by atoms with van der Waals surface area (Å²) in [4.78, 5) is 40.4. The minimum Gasteiger partial charge on any atom is -0.382 e. The van der Waals surface area contributed by atoms with Gasteiger partial charge in [0.05, 0.1) is 92.5 Å². The van der Waals surface area contributed by atoms with Gasteiger partial charge < -0.3 is 78.1 Å². The molecule has 3 fully saturated rings. The molecule has 0 aromatic rings. The molecule has 0 spiro atoms. The lowest BCUT2D eigenvalue weighted by Crippen LogP contribution is -2.72. The Morgan fingerprint density at radius 2 is 0.879 bits per heavy atom. The maximum absolute atomic E-state index is 13.6. The molecule has 2 amide bonds. The van der Waals surface area contributed by atoms with E-state index in [1.54, 1.807) is 24.0 Å². The number of hydrogen-bond acceptors (Lipinski definition) is 16. The third kappa shape index (κ3) is 18.3. The molecule has 3 heterocycles. The largest absolute Gasteiger partial charge is 0.382 e. The number of rotatable bonds is 32. The molecule has 0 aromatic carbocycles. The van der Waals surface area contributed by atoms with Crippen molar-refractivity contribution in [3.63, 3.8) is 0 Å². The molecular formula is C38H70N6O14. The summed E-state index contributed by atoms with van der Waals surface area (Å²) in [7, 11) is 3.25. The number of hydrogen-bond donors (Lipinski definition) is 2. The average Bonchev–Trinajstić information content (AvgIpc) is 3.70. The summed E-state index contributed by atoms with van der Waals surface area (Å²) in [5, 5.41) is 0. The highest BCUT2D eigenvalue weighted by atomic mass is 16.7. The van der Waals surface area contributed by atoms with Crippen LogP contribution < -0.4 is 11.5 Å². The zero-order chi connectivity index (χ0) is 42.2. The third-order valence-corrected chi connectivity index (χ3v) is 8.97. The topological polar surface area (TPSA) is 228 Å². The summed E-state index contributed by atoms with van der Waals surface area (Å²) in [5.74, 6) is -2.53. The summed E-state index contributed by atoms with van der Waals surface area (Å²) in [6.07, 6.45) is 0.0821. The van der Waals surface area contributed by atoms with Crippen LogP contribution >= 0.6 is 0 Å². The number of amidine groups is 2. The molecule has 4 N–H and O–H groups in total. The first-order valence-corrected chi connectivity index (χ1v) is 20.2. The van der Waals surface area contributed by atoms with Crippen LogP contribution in [0.1, 0.15) is 40.5 Å². The van der Waals surface area contributed by atoms with Crippen LogP contribution in [0.4, 0.5) is 0 Å². The summed E-state index contributed by atoms with van der Waals surface area (Å²) < 4.78 is 67.3. The van der Waals surface area contributed by atoms with Crippen molar-refractivity contribution in [1.82, 2.24) is 9.80 Å². The first kappa shape index (κ1) is 49.8. The lowest BCUT2D eigenvalue weighted by atomic mass is 10.00. The van der Waals surface area contributed by atoms with Gasteiger partial charge in [0, 0.05) is 53.6 Å². The summed E-state index contributed by atoms with van der Waals surface area (Å²) in [5.41, 5.74) is 12.4. The number of piperazine rings is 1. The molecule has 0 saturated carbocycles. The molecule has 4 unspecified atom stereocenters. The predicted molar refractivity (Wildman–Crippen MR) is 212 cm³/mol. The SMILES string of the molecule is COCCOCCOCCOCCCN=C1C(C(N)=O)N(CC2COC(C)(C)O2)C(=NCCCOCCOCCOCCOC)C(C(N)=O)N1CC1COC(C)(C)O1. The molecule has 3 aliphatic rings.